The van der Waals surface area contributed by atoms with E-state index in [2.05, 4.69) is 16.4 Å². The van der Waals surface area contributed by atoms with Gasteiger partial charge in [-0.2, -0.15) is 0 Å². The number of nitrogens with zero attached hydrogens (tertiary/aromatic N) is 1. The summed E-state index contributed by atoms with van der Waals surface area (Å²) in [5, 5.41) is 3.24. The topological polar surface area (TPSA) is 50.9 Å². The smallest absolute Gasteiger partial charge is 0.133 e. The molecule has 0 aliphatic carbocycles. The molecule has 92 valence electrons. The van der Waals surface area contributed by atoms with E-state index in [1.165, 1.54) is 17.7 Å². The molecule has 3 nitrogen and oxygen atoms in total. The van der Waals surface area contributed by atoms with Gasteiger partial charge < -0.3 is 11.1 Å². The van der Waals surface area contributed by atoms with Crippen LogP contribution in [-0.2, 0) is 6.42 Å². The van der Waals surface area contributed by atoms with Gasteiger partial charge in [-0.15, -0.1) is 0 Å². The molecule has 3 N–H and O–H groups in total. The third-order valence-electron chi connectivity index (χ3n) is 3.20. The van der Waals surface area contributed by atoms with E-state index in [1.807, 2.05) is 0 Å². The van der Waals surface area contributed by atoms with Crippen LogP contribution in [0.25, 0.3) is 11.1 Å². The summed E-state index contributed by atoms with van der Waals surface area (Å²) in [6.07, 6.45) is 2.10. The number of benzene rings is 1. The number of hydrogen-bond donors (Lipinski definition) is 2. The highest BCUT2D eigenvalue weighted by atomic mass is 19.1. The van der Waals surface area contributed by atoms with E-state index >= 15 is 0 Å². The lowest BCUT2D eigenvalue weighted by Gasteiger charge is -2.19. The molecule has 4 heteroatoms. The van der Waals surface area contributed by atoms with Crippen LogP contribution in [0.2, 0.25) is 0 Å². The molecule has 1 aromatic heterocycles. The van der Waals surface area contributed by atoms with Gasteiger partial charge in [-0.25, -0.2) is 9.37 Å². The largest absolute Gasteiger partial charge is 0.383 e. The summed E-state index contributed by atoms with van der Waals surface area (Å²) in [5.41, 5.74) is 8.92. The second-order valence-corrected chi connectivity index (χ2v) is 4.47. The molecule has 2 heterocycles. The van der Waals surface area contributed by atoms with Crippen LogP contribution in [-0.4, -0.2) is 11.5 Å². The number of rotatable bonds is 1. The molecule has 2 aromatic rings. The Morgan fingerprint density at radius 3 is 2.78 bits per heavy atom. The first-order chi connectivity index (χ1) is 8.74. The third-order valence-corrected chi connectivity index (χ3v) is 3.20. The Balaban J connectivity index is 2.09. The van der Waals surface area contributed by atoms with Crippen molar-refractivity contribution >= 4 is 11.6 Å². The Morgan fingerprint density at radius 2 is 2.00 bits per heavy atom. The molecule has 0 saturated carbocycles. The van der Waals surface area contributed by atoms with Crippen molar-refractivity contribution in [2.75, 3.05) is 17.6 Å². The number of nitrogen functional groups attached to an aromatic ring is 1. The van der Waals surface area contributed by atoms with Crippen molar-refractivity contribution in [1.29, 1.82) is 0 Å². The van der Waals surface area contributed by atoms with E-state index in [1.54, 1.807) is 12.1 Å². The number of aryl methyl sites for hydroxylation is 1. The van der Waals surface area contributed by atoms with E-state index in [4.69, 9.17) is 5.73 Å². The highest BCUT2D eigenvalue weighted by Crippen LogP contribution is 2.30. The van der Waals surface area contributed by atoms with Crippen LogP contribution in [0.1, 0.15) is 12.0 Å². The highest BCUT2D eigenvalue weighted by Gasteiger charge is 2.14. The van der Waals surface area contributed by atoms with Crippen LogP contribution in [0.4, 0.5) is 16.0 Å². The maximum Gasteiger partial charge on any atom is 0.133 e. The van der Waals surface area contributed by atoms with Crippen LogP contribution in [0.15, 0.2) is 30.3 Å². The molecular formula is C14H14FN3. The van der Waals surface area contributed by atoms with Crippen LogP contribution in [0, 0.1) is 5.82 Å². The molecule has 0 amide bonds. The van der Waals surface area contributed by atoms with Gasteiger partial charge in [0.2, 0.25) is 0 Å². The van der Waals surface area contributed by atoms with Gasteiger partial charge in [-0.1, -0.05) is 12.1 Å². The van der Waals surface area contributed by atoms with Gasteiger partial charge in [0, 0.05) is 12.1 Å². The summed E-state index contributed by atoms with van der Waals surface area (Å²) in [4.78, 5) is 4.39. The van der Waals surface area contributed by atoms with Gasteiger partial charge in [0.1, 0.15) is 17.5 Å². The zero-order valence-corrected chi connectivity index (χ0v) is 9.91. The predicted octanol–water partition coefficient (Wildman–Crippen LogP) is 2.83. The number of nitrogens with one attached hydrogen (secondary N) is 1. The van der Waals surface area contributed by atoms with E-state index in [-0.39, 0.29) is 5.82 Å². The molecule has 18 heavy (non-hydrogen) atoms. The zero-order chi connectivity index (χ0) is 12.5. The van der Waals surface area contributed by atoms with Crippen LogP contribution in [0.3, 0.4) is 0 Å². The van der Waals surface area contributed by atoms with Gasteiger partial charge in [0.05, 0.1) is 0 Å². The third kappa shape index (κ3) is 1.90. The maximum absolute atomic E-state index is 12.9. The molecule has 0 saturated heterocycles. The van der Waals surface area contributed by atoms with Gasteiger partial charge in [-0.05, 0) is 42.2 Å². The fourth-order valence-electron chi connectivity index (χ4n) is 2.26. The quantitative estimate of drug-likeness (QED) is 0.809. The standard InChI is InChI=1S/C14H14FN3/c15-11-5-3-9(4-6-11)12-8-10-2-1-7-17-14(10)18-13(12)16/h3-6,8H,1-2,7H2,(H3,16,17,18). The van der Waals surface area contributed by atoms with Crippen molar-refractivity contribution in [3.05, 3.63) is 41.7 Å². The summed E-state index contributed by atoms with van der Waals surface area (Å²) in [5.74, 6) is 1.12. The fraction of sp³-hybridized carbons (Fsp3) is 0.214. The molecule has 3 rings (SSSR count). The lowest BCUT2D eigenvalue weighted by molar-refractivity contribution is 0.628. The maximum atomic E-state index is 12.9. The van der Waals surface area contributed by atoms with Gasteiger partial charge in [0.25, 0.3) is 0 Å². The minimum absolute atomic E-state index is 0.245. The molecule has 1 aliphatic heterocycles. The monoisotopic (exact) mass is 243 g/mol. The van der Waals surface area contributed by atoms with Gasteiger partial charge >= 0.3 is 0 Å². The molecule has 0 unspecified atom stereocenters. The molecule has 0 atom stereocenters. The Hall–Kier alpha value is -2.10. The van der Waals surface area contributed by atoms with Crippen LogP contribution < -0.4 is 11.1 Å². The van der Waals surface area contributed by atoms with Crippen molar-refractivity contribution in [1.82, 2.24) is 4.98 Å². The second kappa shape index (κ2) is 4.29. The van der Waals surface area contributed by atoms with Crippen LogP contribution >= 0.6 is 0 Å². The molecule has 0 spiro atoms. The molecular weight excluding hydrogens is 229 g/mol. The van der Waals surface area contributed by atoms with E-state index < -0.39 is 0 Å². The van der Waals surface area contributed by atoms with Crippen molar-refractivity contribution in [3.8, 4) is 11.1 Å². The number of pyridine rings is 1. The highest BCUT2D eigenvalue weighted by molar-refractivity contribution is 5.76. The first-order valence-electron chi connectivity index (χ1n) is 6.03. The van der Waals surface area contributed by atoms with Crippen molar-refractivity contribution < 1.29 is 4.39 Å². The Morgan fingerprint density at radius 1 is 1.22 bits per heavy atom. The first kappa shape index (κ1) is 11.0. The number of hydrogen-bond acceptors (Lipinski definition) is 3. The number of nitrogens with two attached hydrogens (primary N) is 1. The minimum Gasteiger partial charge on any atom is -0.383 e. The summed E-state index contributed by atoms with van der Waals surface area (Å²) in [6.45, 7) is 0.940. The van der Waals surface area contributed by atoms with E-state index in [0.717, 1.165) is 36.3 Å². The Kier molecular flexibility index (Phi) is 2.63. The average Bonchev–Trinajstić information content (AvgIpc) is 2.39. The molecule has 1 aliphatic rings. The molecule has 0 bridgehead atoms. The van der Waals surface area contributed by atoms with Crippen molar-refractivity contribution in [3.63, 3.8) is 0 Å². The fourth-order valence-corrected chi connectivity index (χ4v) is 2.26. The summed E-state index contributed by atoms with van der Waals surface area (Å²) >= 11 is 0. The summed E-state index contributed by atoms with van der Waals surface area (Å²) < 4.78 is 12.9. The lowest BCUT2D eigenvalue weighted by atomic mass is 10.0. The number of halogens is 1. The van der Waals surface area contributed by atoms with E-state index in [0.29, 0.717) is 5.82 Å². The van der Waals surface area contributed by atoms with Crippen molar-refractivity contribution in [2.45, 2.75) is 12.8 Å². The van der Waals surface area contributed by atoms with Gasteiger partial charge in [0.15, 0.2) is 0 Å². The average molecular weight is 243 g/mol. The lowest BCUT2D eigenvalue weighted by Crippen LogP contribution is -2.14. The number of aromatic nitrogens is 1. The predicted molar refractivity (Wildman–Crippen MR) is 70.9 cm³/mol. The van der Waals surface area contributed by atoms with Gasteiger partial charge in [-0.3, -0.25) is 0 Å². The Bertz CT molecular complexity index is 578. The molecule has 0 fully saturated rings. The SMILES string of the molecule is Nc1nc2c(cc1-c1ccc(F)cc1)CCCN2. The first-order valence-corrected chi connectivity index (χ1v) is 6.03. The minimum atomic E-state index is -0.245. The normalized spacial score (nSPS) is 13.8. The summed E-state index contributed by atoms with van der Waals surface area (Å²) in [6, 6.07) is 8.38. The second-order valence-electron chi connectivity index (χ2n) is 4.47. The van der Waals surface area contributed by atoms with Crippen LogP contribution in [0.5, 0.6) is 0 Å². The number of anilines is 2. The molecule has 0 radical (unpaired) electrons. The number of fused-ring (bicyclic) bond motifs is 1. The molecule has 1 aromatic carbocycles. The Labute approximate surface area is 105 Å². The van der Waals surface area contributed by atoms with E-state index in [9.17, 15) is 4.39 Å². The van der Waals surface area contributed by atoms with Crippen molar-refractivity contribution in [2.24, 2.45) is 0 Å². The zero-order valence-electron chi connectivity index (χ0n) is 9.91. The summed E-state index contributed by atoms with van der Waals surface area (Å²) in [7, 11) is 0.